The Morgan fingerprint density at radius 3 is 2.85 bits per heavy atom. The van der Waals surface area contributed by atoms with Gasteiger partial charge in [-0.05, 0) is 29.6 Å². The molecule has 0 spiro atoms. The Kier molecular flexibility index (Phi) is 4.19. The number of piperidine rings is 1. The van der Waals surface area contributed by atoms with Crippen molar-refractivity contribution in [2.75, 3.05) is 31.6 Å². The molecular formula is C25H28N4O4. The van der Waals surface area contributed by atoms with Gasteiger partial charge >= 0.3 is 0 Å². The van der Waals surface area contributed by atoms with E-state index in [0.29, 0.717) is 13.2 Å². The molecule has 3 aliphatic rings. The maximum atomic E-state index is 13.4. The van der Waals surface area contributed by atoms with Crippen molar-refractivity contribution in [2.24, 2.45) is 0 Å². The van der Waals surface area contributed by atoms with Crippen molar-refractivity contribution < 1.29 is 28.7 Å². The van der Waals surface area contributed by atoms with Crippen LogP contribution in [0.15, 0.2) is 42.4 Å². The highest BCUT2D eigenvalue weighted by molar-refractivity contribution is 6.06. The van der Waals surface area contributed by atoms with Crippen molar-refractivity contribution in [1.29, 1.82) is 0 Å². The number of carbonyl (C=O) groups excluding carboxylic acids is 3. The highest BCUT2D eigenvalue weighted by atomic mass is 16.5. The third-order valence-electron chi connectivity index (χ3n) is 5.87. The summed E-state index contributed by atoms with van der Waals surface area (Å²) in [6.45, 7) is 3.59. The lowest BCUT2D eigenvalue weighted by Crippen LogP contribution is -2.52. The molecule has 8 heteroatoms. The highest BCUT2D eigenvalue weighted by Crippen LogP contribution is 2.32. The molecule has 2 aromatic rings. The van der Waals surface area contributed by atoms with Crippen molar-refractivity contribution in [3.8, 4) is 0 Å². The van der Waals surface area contributed by atoms with E-state index < -0.39 is 55.1 Å². The molecule has 1 atom stereocenters. The zero-order valence-corrected chi connectivity index (χ0v) is 17.9. The minimum absolute atomic E-state index is 0.0984. The van der Waals surface area contributed by atoms with Crippen LogP contribution in [0.3, 0.4) is 0 Å². The van der Waals surface area contributed by atoms with Gasteiger partial charge in [0.2, 0.25) is 11.8 Å². The van der Waals surface area contributed by atoms with E-state index >= 15 is 0 Å². The lowest BCUT2D eigenvalue weighted by molar-refractivity contribution is -0.136. The molecule has 33 heavy (non-hydrogen) atoms. The Morgan fingerprint density at radius 1 is 1.18 bits per heavy atom. The number of hydrogen-bond donors (Lipinski definition) is 2. The first kappa shape index (κ1) is 14.8. The molecule has 8 nitrogen and oxygen atoms in total. The standard InChI is InChI=1S/C25H28N4O4/c30-23-8-7-22(24(31)27-23)29-16-20-19(25(29)32)5-2-6-21(20)26-14-17-3-1-4-18(13-17)15-28-9-11-33-12-10-28/h1-6,13,22,26H,7-12,14-16H2,(H,27,30,31)/i2D,5D,6D,7D2,8D2. The summed E-state index contributed by atoms with van der Waals surface area (Å²) in [6, 6.07) is 4.41. The molecule has 0 bridgehead atoms. The Hall–Kier alpha value is -3.23. The van der Waals surface area contributed by atoms with Gasteiger partial charge in [-0.15, -0.1) is 0 Å². The van der Waals surface area contributed by atoms with Crippen LogP contribution in [-0.4, -0.2) is 59.9 Å². The van der Waals surface area contributed by atoms with E-state index in [9.17, 15) is 14.4 Å². The van der Waals surface area contributed by atoms with E-state index in [1.807, 2.05) is 24.3 Å². The minimum Gasteiger partial charge on any atom is -0.381 e. The summed E-state index contributed by atoms with van der Waals surface area (Å²) in [5, 5.41) is 4.90. The van der Waals surface area contributed by atoms with Crippen LogP contribution in [0.2, 0.25) is 0 Å². The second kappa shape index (κ2) is 9.33. The topological polar surface area (TPSA) is 91.0 Å². The first-order valence-corrected chi connectivity index (χ1v) is 10.7. The summed E-state index contributed by atoms with van der Waals surface area (Å²) in [5.41, 5.74) is 1.93. The van der Waals surface area contributed by atoms with Crippen LogP contribution in [-0.2, 0) is 34.0 Å². The molecule has 2 fully saturated rings. The summed E-state index contributed by atoms with van der Waals surface area (Å²) in [6.07, 6.45) is -6.19. The number of nitrogens with zero attached hydrogens (tertiary/aromatic N) is 2. The number of benzene rings is 2. The second-order valence-electron chi connectivity index (χ2n) is 8.09. The predicted molar refractivity (Wildman–Crippen MR) is 122 cm³/mol. The highest BCUT2D eigenvalue weighted by Gasteiger charge is 2.39. The lowest BCUT2D eigenvalue weighted by Gasteiger charge is -2.29. The summed E-state index contributed by atoms with van der Waals surface area (Å²) < 4.78 is 62.9. The van der Waals surface area contributed by atoms with Crippen LogP contribution >= 0.6 is 0 Å². The van der Waals surface area contributed by atoms with Crippen LogP contribution in [0.1, 0.15) is 49.4 Å². The fraction of sp³-hybridized carbons (Fsp3) is 0.400. The number of hydrogen-bond acceptors (Lipinski definition) is 6. The molecule has 2 saturated heterocycles. The molecule has 3 aliphatic heterocycles. The number of ether oxygens (including phenoxy) is 1. The second-order valence-corrected chi connectivity index (χ2v) is 8.09. The average molecular weight is 456 g/mol. The van der Waals surface area contributed by atoms with E-state index in [-0.39, 0.29) is 29.4 Å². The number of anilines is 1. The van der Waals surface area contributed by atoms with E-state index in [1.165, 1.54) is 0 Å². The van der Waals surface area contributed by atoms with Crippen LogP contribution < -0.4 is 10.6 Å². The first-order valence-electron chi connectivity index (χ1n) is 14.2. The van der Waals surface area contributed by atoms with Crippen molar-refractivity contribution in [3.05, 3.63) is 64.6 Å². The van der Waals surface area contributed by atoms with Crippen LogP contribution in [0.4, 0.5) is 5.69 Å². The number of imide groups is 1. The summed E-state index contributed by atoms with van der Waals surface area (Å²) in [4.78, 5) is 41.2. The maximum Gasteiger partial charge on any atom is 0.255 e. The number of rotatable bonds is 6. The zero-order valence-electron chi connectivity index (χ0n) is 24.9. The van der Waals surface area contributed by atoms with E-state index in [4.69, 9.17) is 14.3 Å². The molecule has 3 heterocycles. The Balaban J connectivity index is 1.43. The smallest absolute Gasteiger partial charge is 0.255 e. The first-order chi connectivity index (χ1) is 18.8. The molecule has 0 saturated carbocycles. The van der Waals surface area contributed by atoms with E-state index in [1.54, 1.807) is 5.32 Å². The Bertz CT molecular complexity index is 1400. The fourth-order valence-electron chi connectivity index (χ4n) is 4.19. The Morgan fingerprint density at radius 2 is 2.00 bits per heavy atom. The molecule has 1 unspecified atom stereocenters. The quantitative estimate of drug-likeness (QED) is 0.647. The average Bonchev–Trinajstić information content (AvgIpc) is 3.23. The Labute approximate surface area is 202 Å². The third-order valence-corrected chi connectivity index (χ3v) is 5.87. The monoisotopic (exact) mass is 455 g/mol. The summed E-state index contributed by atoms with van der Waals surface area (Å²) in [5.74, 6) is -3.57. The molecule has 2 aromatic carbocycles. The van der Waals surface area contributed by atoms with Gasteiger partial charge in [-0.2, -0.15) is 0 Å². The molecule has 3 amide bonds. The van der Waals surface area contributed by atoms with Crippen LogP contribution in [0.5, 0.6) is 0 Å². The summed E-state index contributed by atoms with van der Waals surface area (Å²) in [7, 11) is 0. The van der Waals surface area contributed by atoms with Gasteiger partial charge < -0.3 is 15.0 Å². The predicted octanol–water partition coefficient (Wildman–Crippen LogP) is 1.89. The summed E-state index contributed by atoms with van der Waals surface area (Å²) >= 11 is 0. The number of amides is 3. The van der Waals surface area contributed by atoms with Crippen molar-refractivity contribution in [2.45, 2.75) is 38.4 Å². The van der Waals surface area contributed by atoms with Gasteiger partial charge in [0, 0.05) is 61.4 Å². The third kappa shape index (κ3) is 4.62. The molecule has 0 aliphatic carbocycles. The molecule has 2 N–H and O–H groups in total. The van der Waals surface area contributed by atoms with Crippen molar-refractivity contribution in [3.63, 3.8) is 0 Å². The van der Waals surface area contributed by atoms with Gasteiger partial charge in [-0.1, -0.05) is 30.3 Å². The number of fused-ring (bicyclic) bond motifs is 1. The lowest BCUT2D eigenvalue weighted by atomic mass is 10.0. The van der Waals surface area contributed by atoms with Crippen molar-refractivity contribution in [1.82, 2.24) is 15.1 Å². The molecule has 0 aromatic heterocycles. The van der Waals surface area contributed by atoms with Gasteiger partial charge in [0.15, 0.2) is 0 Å². The van der Waals surface area contributed by atoms with Gasteiger partial charge in [0.1, 0.15) is 6.04 Å². The molecular weight excluding hydrogens is 420 g/mol. The van der Waals surface area contributed by atoms with Gasteiger partial charge in [0.25, 0.3) is 5.91 Å². The molecule has 0 radical (unpaired) electrons. The van der Waals surface area contributed by atoms with Crippen molar-refractivity contribution >= 4 is 23.4 Å². The van der Waals surface area contributed by atoms with E-state index in [2.05, 4.69) is 10.2 Å². The van der Waals surface area contributed by atoms with Crippen LogP contribution in [0, 0.1) is 0 Å². The normalized spacial score (nSPS) is 27.3. The number of morpholine rings is 1. The maximum absolute atomic E-state index is 13.4. The van der Waals surface area contributed by atoms with Gasteiger partial charge in [-0.3, -0.25) is 24.6 Å². The largest absolute Gasteiger partial charge is 0.381 e. The molecule has 172 valence electrons. The van der Waals surface area contributed by atoms with Crippen LogP contribution in [0.25, 0.3) is 0 Å². The fourth-order valence-corrected chi connectivity index (χ4v) is 4.19. The van der Waals surface area contributed by atoms with Gasteiger partial charge in [-0.25, -0.2) is 0 Å². The van der Waals surface area contributed by atoms with E-state index in [0.717, 1.165) is 35.7 Å². The SMILES string of the molecule is [2H]c1c([2H])c(NCc2cccc(CN3CCOCC3)c2)c2c(c1[2H])C(=O)N(C1C(=O)NC(=O)C([2H])([2H])C1([2H])[2H])C2. The van der Waals surface area contributed by atoms with Gasteiger partial charge in [0.05, 0.1) is 17.3 Å². The number of nitrogens with one attached hydrogen (secondary N) is 2. The molecule has 5 rings (SSSR count). The zero-order chi connectivity index (χ0) is 29.0. The minimum atomic E-state index is -3.11. The number of carbonyl (C=O) groups is 3.